The molecule has 4 aliphatic carbocycles. The molecule has 1 aromatic heterocycles. The molecular formula is C27H29NO3. The first kappa shape index (κ1) is 19.0. The van der Waals surface area contributed by atoms with Gasteiger partial charge in [-0.15, -0.1) is 0 Å². The maximum Gasteiger partial charge on any atom is 0.356 e. The van der Waals surface area contributed by atoms with E-state index in [1.165, 1.54) is 32.1 Å². The zero-order valence-corrected chi connectivity index (χ0v) is 18.0. The first-order chi connectivity index (χ1) is 15.1. The van der Waals surface area contributed by atoms with Crippen molar-refractivity contribution < 1.29 is 14.6 Å². The summed E-state index contributed by atoms with van der Waals surface area (Å²) in [6.45, 7) is 2.83. The minimum atomic E-state index is -0.913. The zero-order valence-electron chi connectivity index (χ0n) is 18.0. The van der Waals surface area contributed by atoms with Crippen molar-refractivity contribution in [2.75, 3.05) is 0 Å². The van der Waals surface area contributed by atoms with Crippen molar-refractivity contribution in [3.8, 4) is 11.5 Å². The fourth-order valence-electron chi connectivity index (χ4n) is 7.10. The Balaban J connectivity index is 1.46. The predicted molar refractivity (Wildman–Crippen MR) is 121 cm³/mol. The van der Waals surface area contributed by atoms with Crippen LogP contribution in [0.3, 0.4) is 0 Å². The summed E-state index contributed by atoms with van der Waals surface area (Å²) >= 11 is 0. The number of aryl methyl sites for hydroxylation is 1. The van der Waals surface area contributed by atoms with E-state index in [9.17, 15) is 9.90 Å². The van der Waals surface area contributed by atoms with Gasteiger partial charge in [0.15, 0.2) is 11.4 Å². The van der Waals surface area contributed by atoms with Gasteiger partial charge in [-0.05, 0) is 92.9 Å². The molecule has 4 fully saturated rings. The lowest BCUT2D eigenvalue weighted by molar-refractivity contribution is -0.0428. The van der Waals surface area contributed by atoms with Crippen molar-refractivity contribution in [2.24, 2.45) is 29.6 Å². The number of fused-ring (bicyclic) bond motifs is 1. The number of hydrogen-bond acceptors (Lipinski definition) is 2. The molecule has 4 heteroatoms. The largest absolute Gasteiger partial charge is 0.476 e. The Morgan fingerprint density at radius 2 is 1.68 bits per heavy atom. The molecule has 0 saturated heterocycles. The summed E-state index contributed by atoms with van der Waals surface area (Å²) in [4.78, 5) is 12.5. The number of nitrogens with zero attached hydrogens (tertiary/aromatic N) is 1. The van der Waals surface area contributed by atoms with E-state index in [1.807, 2.05) is 37.3 Å². The van der Waals surface area contributed by atoms with E-state index in [0.717, 1.165) is 46.7 Å². The van der Waals surface area contributed by atoms with Crippen LogP contribution < -0.4 is 4.74 Å². The van der Waals surface area contributed by atoms with Crippen LogP contribution in [0.1, 0.15) is 48.2 Å². The highest BCUT2D eigenvalue weighted by Gasteiger charge is 2.48. The van der Waals surface area contributed by atoms with Crippen LogP contribution >= 0.6 is 0 Å². The number of aromatic nitrogens is 1. The predicted octanol–water partition coefficient (Wildman–Crippen LogP) is 6.51. The van der Waals surface area contributed by atoms with Crippen LogP contribution in [0.4, 0.5) is 0 Å². The minimum absolute atomic E-state index is 0.290. The number of para-hydroxylation sites is 1. The van der Waals surface area contributed by atoms with Crippen LogP contribution in [-0.2, 0) is 6.54 Å². The molecule has 4 bridgehead atoms. The molecular weight excluding hydrogens is 386 g/mol. The van der Waals surface area contributed by atoms with Crippen LogP contribution in [0, 0.1) is 36.5 Å². The van der Waals surface area contributed by atoms with Gasteiger partial charge >= 0.3 is 5.97 Å². The lowest BCUT2D eigenvalue weighted by Crippen LogP contribution is -2.46. The molecule has 0 amide bonds. The first-order valence-electron chi connectivity index (χ1n) is 11.7. The molecule has 4 aliphatic rings. The maximum absolute atomic E-state index is 12.5. The molecule has 7 rings (SSSR count). The van der Waals surface area contributed by atoms with Gasteiger partial charge in [-0.3, -0.25) is 0 Å². The Labute approximate surface area is 182 Å². The zero-order chi connectivity index (χ0) is 21.1. The maximum atomic E-state index is 12.5. The molecule has 0 aliphatic heterocycles. The standard InChI is InChI=1S/C27H29NO3/c1-16-7-8-24-22(9-16)26(31-21-5-3-2-4-6-21)25(27(29)30)28(24)15-23-19-11-17-10-18(13-19)14-20(23)12-17/h2-9,17-20,23H,10-15H2,1H3,(H,29,30). The number of hydrogen-bond donors (Lipinski definition) is 1. The van der Waals surface area contributed by atoms with Gasteiger partial charge in [0, 0.05) is 11.9 Å². The summed E-state index contributed by atoms with van der Waals surface area (Å²) < 4.78 is 8.28. The molecule has 4 nitrogen and oxygen atoms in total. The lowest BCUT2D eigenvalue weighted by atomic mass is 9.52. The van der Waals surface area contributed by atoms with Gasteiger partial charge in [-0.25, -0.2) is 4.79 Å². The van der Waals surface area contributed by atoms with Crippen molar-refractivity contribution >= 4 is 16.9 Å². The highest BCUT2D eigenvalue weighted by atomic mass is 16.5. The Hall–Kier alpha value is -2.75. The Morgan fingerprint density at radius 3 is 2.32 bits per heavy atom. The second-order valence-electron chi connectivity index (χ2n) is 10.1. The van der Waals surface area contributed by atoms with Crippen molar-refractivity contribution in [1.29, 1.82) is 0 Å². The quantitative estimate of drug-likeness (QED) is 0.517. The molecule has 1 heterocycles. The van der Waals surface area contributed by atoms with Gasteiger partial charge in [0.2, 0.25) is 0 Å². The molecule has 3 aromatic rings. The summed E-state index contributed by atoms with van der Waals surface area (Å²) in [7, 11) is 0. The van der Waals surface area contributed by atoms with Crippen molar-refractivity contribution in [1.82, 2.24) is 4.57 Å². The third-order valence-corrected chi connectivity index (χ3v) is 8.15. The summed E-state index contributed by atoms with van der Waals surface area (Å²) in [6, 6.07) is 15.7. The fraction of sp³-hybridized carbons (Fsp3) is 0.444. The molecule has 0 spiro atoms. The number of carboxylic acid groups (broad SMARTS) is 1. The Morgan fingerprint density at radius 1 is 1.00 bits per heavy atom. The van der Waals surface area contributed by atoms with Gasteiger partial charge in [0.25, 0.3) is 0 Å². The normalized spacial score (nSPS) is 28.9. The van der Waals surface area contributed by atoms with E-state index in [2.05, 4.69) is 22.8 Å². The average Bonchev–Trinajstić information content (AvgIpc) is 3.03. The molecule has 2 aromatic carbocycles. The van der Waals surface area contributed by atoms with E-state index >= 15 is 0 Å². The van der Waals surface area contributed by atoms with E-state index < -0.39 is 5.97 Å². The highest BCUT2D eigenvalue weighted by Crippen LogP contribution is 2.57. The van der Waals surface area contributed by atoms with Crippen LogP contribution in [0.5, 0.6) is 11.5 Å². The molecule has 1 N–H and O–H groups in total. The van der Waals surface area contributed by atoms with E-state index in [0.29, 0.717) is 23.1 Å². The van der Waals surface area contributed by atoms with E-state index in [-0.39, 0.29) is 0 Å². The number of rotatable bonds is 5. The molecule has 0 atom stereocenters. The fourth-order valence-corrected chi connectivity index (χ4v) is 7.10. The monoisotopic (exact) mass is 415 g/mol. The topological polar surface area (TPSA) is 51.5 Å². The van der Waals surface area contributed by atoms with Crippen LogP contribution in [0.25, 0.3) is 10.9 Å². The van der Waals surface area contributed by atoms with Crippen LogP contribution in [-0.4, -0.2) is 15.6 Å². The van der Waals surface area contributed by atoms with Crippen molar-refractivity contribution in [3.63, 3.8) is 0 Å². The van der Waals surface area contributed by atoms with Crippen molar-refractivity contribution in [2.45, 2.75) is 45.6 Å². The summed E-state index contributed by atoms with van der Waals surface area (Å²) in [5.74, 6) is 4.13. The second kappa shape index (κ2) is 7.15. The lowest BCUT2D eigenvalue weighted by Gasteiger charge is -2.54. The third-order valence-electron chi connectivity index (χ3n) is 8.15. The minimum Gasteiger partial charge on any atom is -0.476 e. The number of ether oxygens (including phenoxy) is 1. The van der Waals surface area contributed by atoms with Gasteiger partial charge in [-0.1, -0.05) is 29.8 Å². The van der Waals surface area contributed by atoms with Gasteiger partial charge in [0.05, 0.1) is 5.52 Å². The van der Waals surface area contributed by atoms with E-state index in [1.54, 1.807) is 0 Å². The SMILES string of the molecule is Cc1ccc2c(c1)c(Oc1ccccc1)c(C(=O)O)n2CC1C2CC3CC(C2)CC1C3. The Bertz CT molecular complexity index is 1120. The highest BCUT2D eigenvalue weighted by molar-refractivity contribution is 6.01. The second-order valence-corrected chi connectivity index (χ2v) is 10.1. The van der Waals surface area contributed by atoms with E-state index in [4.69, 9.17) is 4.74 Å². The average molecular weight is 416 g/mol. The van der Waals surface area contributed by atoms with Crippen LogP contribution in [0.15, 0.2) is 48.5 Å². The number of aromatic carboxylic acids is 1. The van der Waals surface area contributed by atoms with Gasteiger partial charge < -0.3 is 14.4 Å². The smallest absolute Gasteiger partial charge is 0.356 e. The molecule has 160 valence electrons. The van der Waals surface area contributed by atoms with Gasteiger partial charge in [0.1, 0.15) is 5.75 Å². The molecule has 0 radical (unpaired) electrons. The van der Waals surface area contributed by atoms with Crippen LogP contribution in [0.2, 0.25) is 0 Å². The van der Waals surface area contributed by atoms with Gasteiger partial charge in [-0.2, -0.15) is 0 Å². The first-order valence-corrected chi connectivity index (χ1v) is 11.7. The Kier molecular flexibility index (Phi) is 4.38. The summed E-state index contributed by atoms with van der Waals surface area (Å²) in [6.07, 6.45) is 6.79. The van der Waals surface area contributed by atoms with Crippen molar-refractivity contribution in [3.05, 3.63) is 59.8 Å². The molecule has 31 heavy (non-hydrogen) atoms. The molecule has 4 saturated carbocycles. The number of carboxylic acids is 1. The summed E-state index contributed by atoms with van der Waals surface area (Å²) in [5, 5.41) is 11.2. The number of benzene rings is 2. The third kappa shape index (κ3) is 3.15. The molecule has 0 unspecified atom stereocenters. The number of carbonyl (C=O) groups is 1. The summed E-state index contributed by atoms with van der Waals surface area (Å²) in [5.41, 5.74) is 2.37.